The van der Waals surface area contributed by atoms with Gasteiger partial charge in [0.1, 0.15) is 0 Å². The molecule has 0 saturated heterocycles. The van der Waals surface area contributed by atoms with Crippen LogP contribution < -0.4 is 11.3 Å². The Morgan fingerprint density at radius 2 is 1.90 bits per heavy atom. The lowest BCUT2D eigenvalue weighted by atomic mass is 10.1. The van der Waals surface area contributed by atoms with E-state index in [4.69, 9.17) is 10.5 Å². The zero-order chi connectivity index (χ0) is 14.9. The molecule has 0 spiro atoms. The minimum absolute atomic E-state index is 0.0317. The van der Waals surface area contributed by atoms with Crippen LogP contribution in [0.1, 0.15) is 17.4 Å². The number of carbonyl (C=O) groups is 2. The summed E-state index contributed by atoms with van der Waals surface area (Å²) in [5, 5.41) is 4.61. The predicted molar refractivity (Wildman–Crippen MR) is 71.1 cm³/mol. The third-order valence-electron chi connectivity index (χ3n) is 2.83. The lowest BCUT2D eigenvalue weighted by molar-refractivity contribution is -0.125. The van der Waals surface area contributed by atoms with Crippen LogP contribution in [-0.2, 0) is 16.6 Å². The standard InChI is InChI=1S/C13H13N3O4/c1-7(11(14)17)20-13(19)10-8-5-3-4-6-9(8)12(18)16(2)15-10/h3-7H,1-2H3,(H2,14,17)/t7-/m1/s1. The summed E-state index contributed by atoms with van der Waals surface area (Å²) < 4.78 is 5.96. The summed E-state index contributed by atoms with van der Waals surface area (Å²) in [6.45, 7) is 1.37. The van der Waals surface area contributed by atoms with Crippen LogP contribution in [0.15, 0.2) is 29.1 Å². The van der Waals surface area contributed by atoms with Crippen molar-refractivity contribution in [1.29, 1.82) is 0 Å². The van der Waals surface area contributed by atoms with E-state index >= 15 is 0 Å². The predicted octanol–water partition coefficient (Wildman–Crippen LogP) is -0.0359. The number of benzene rings is 1. The van der Waals surface area contributed by atoms with Gasteiger partial charge in [0.05, 0.1) is 5.39 Å². The van der Waals surface area contributed by atoms with Crippen molar-refractivity contribution in [2.45, 2.75) is 13.0 Å². The molecule has 2 N–H and O–H groups in total. The van der Waals surface area contributed by atoms with Crippen LogP contribution in [0, 0.1) is 0 Å². The normalized spacial score (nSPS) is 12.1. The second-order valence-electron chi connectivity index (χ2n) is 4.27. The fourth-order valence-corrected chi connectivity index (χ4v) is 1.72. The summed E-state index contributed by atoms with van der Waals surface area (Å²) in [5.74, 6) is -1.56. The van der Waals surface area contributed by atoms with Crippen molar-refractivity contribution in [1.82, 2.24) is 9.78 Å². The monoisotopic (exact) mass is 275 g/mol. The molecular weight excluding hydrogens is 262 g/mol. The molecule has 20 heavy (non-hydrogen) atoms. The van der Waals surface area contributed by atoms with Crippen molar-refractivity contribution in [3.8, 4) is 0 Å². The third kappa shape index (κ3) is 2.37. The summed E-state index contributed by atoms with van der Waals surface area (Å²) in [6.07, 6.45) is -1.07. The molecule has 0 aliphatic carbocycles. The van der Waals surface area contributed by atoms with Gasteiger partial charge in [-0.2, -0.15) is 5.10 Å². The number of hydrogen-bond acceptors (Lipinski definition) is 5. The topological polar surface area (TPSA) is 104 Å². The Kier molecular flexibility index (Phi) is 3.51. The van der Waals surface area contributed by atoms with E-state index in [-0.39, 0.29) is 11.3 Å². The van der Waals surface area contributed by atoms with Gasteiger partial charge in [-0.15, -0.1) is 0 Å². The Bertz CT molecular complexity index is 751. The molecule has 0 radical (unpaired) electrons. The molecule has 0 unspecified atom stereocenters. The van der Waals surface area contributed by atoms with Crippen molar-refractivity contribution < 1.29 is 14.3 Å². The summed E-state index contributed by atoms with van der Waals surface area (Å²) >= 11 is 0. The van der Waals surface area contributed by atoms with Gasteiger partial charge in [0.2, 0.25) is 0 Å². The second kappa shape index (κ2) is 5.12. The first-order chi connectivity index (χ1) is 9.41. The van der Waals surface area contributed by atoms with Crippen molar-refractivity contribution in [3.63, 3.8) is 0 Å². The lowest BCUT2D eigenvalue weighted by Gasteiger charge is -2.11. The average molecular weight is 275 g/mol. The van der Waals surface area contributed by atoms with E-state index in [2.05, 4.69) is 5.10 Å². The number of fused-ring (bicyclic) bond motifs is 1. The number of primary amides is 1. The number of amides is 1. The molecule has 0 fully saturated rings. The maximum absolute atomic E-state index is 12.0. The number of hydrogen-bond donors (Lipinski definition) is 1. The molecule has 1 amide bonds. The van der Waals surface area contributed by atoms with Gasteiger partial charge in [0.25, 0.3) is 11.5 Å². The highest BCUT2D eigenvalue weighted by atomic mass is 16.5. The highest BCUT2D eigenvalue weighted by Crippen LogP contribution is 2.14. The molecule has 0 aliphatic rings. The van der Waals surface area contributed by atoms with Crippen molar-refractivity contribution >= 4 is 22.6 Å². The summed E-state index contributed by atoms with van der Waals surface area (Å²) in [4.78, 5) is 34.9. The van der Waals surface area contributed by atoms with Gasteiger partial charge in [-0.1, -0.05) is 18.2 Å². The number of ether oxygens (including phenoxy) is 1. The fraction of sp³-hybridized carbons (Fsp3) is 0.231. The van der Waals surface area contributed by atoms with Crippen LogP contribution in [-0.4, -0.2) is 27.8 Å². The Hall–Kier alpha value is -2.70. The molecule has 7 heteroatoms. The molecule has 0 bridgehead atoms. The third-order valence-corrected chi connectivity index (χ3v) is 2.83. The Morgan fingerprint density at radius 3 is 2.50 bits per heavy atom. The molecule has 0 saturated carbocycles. The highest BCUT2D eigenvalue weighted by Gasteiger charge is 2.21. The van der Waals surface area contributed by atoms with E-state index < -0.39 is 18.0 Å². The quantitative estimate of drug-likeness (QED) is 0.792. The van der Waals surface area contributed by atoms with Crippen LogP contribution in [0.3, 0.4) is 0 Å². The minimum Gasteiger partial charge on any atom is -0.448 e. The SMILES string of the molecule is C[C@@H](OC(=O)c1nn(C)c(=O)c2ccccc12)C(N)=O. The Balaban J connectivity index is 2.55. The second-order valence-corrected chi connectivity index (χ2v) is 4.27. The Labute approximate surface area is 113 Å². The first-order valence-corrected chi connectivity index (χ1v) is 5.88. The van der Waals surface area contributed by atoms with Crippen LogP contribution in [0.4, 0.5) is 0 Å². The number of rotatable bonds is 3. The number of carbonyl (C=O) groups excluding carboxylic acids is 2. The highest BCUT2D eigenvalue weighted by molar-refractivity contribution is 6.02. The number of nitrogens with two attached hydrogens (primary N) is 1. The first kappa shape index (κ1) is 13.7. The molecular formula is C13H13N3O4. The summed E-state index contributed by atoms with van der Waals surface area (Å²) in [6, 6.07) is 6.55. The molecule has 104 valence electrons. The van der Waals surface area contributed by atoms with E-state index in [1.54, 1.807) is 24.3 Å². The van der Waals surface area contributed by atoms with Crippen molar-refractivity contribution in [3.05, 3.63) is 40.3 Å². The van der Waals surface area contributed by atoms with E-state index in [1.165, 1.54) is 14.0 Å². The minimum atomic E-state index is -1.07. The first-order valence-electron chi connectivity index (χ1n) is 5.88. The summed E-state index contributed by atoms with van der Waals surface area (Å²) in [5.41, 5.74) is 4.69. The maximum atomic E-state index is 12.0. The van der Waals surface area contributed by atoms with Crippen LogP contribution in [0.2, 0.25) is 0 Å². The van der Waals surface area contributed by atoms with E-state index in [9.17, 15) is 14.4 Å². The largest absolute Gasteiger partial charge is 0.448 e. The maximum Gasteiger partial charge on any atom is 0.360 e. The summed E-state index contributed by atoms with van der Waals surface area (Å²) in [7, 11) is 1.43. The molecule has 1 aromatic heterocycles. The molecule has 0 aliphatic heterocycles. The van der Waals surface area contributed by atoms with Gasteiger partial charge >= 0.3 is 5.97 Å². The molecule has 2 aromatic rings. The van der Waals surface area contributed by atoms with E-state index in [0.717, 1.165) is 4.68 Å². The Morgan fingerprint density at radius 1 is 1.30 bits per heavy atom. The zero-order valence-corrected chi connectivity index (χ0v) is 11.0. The van der Waals surface area contributed by atoms with Gasteiger partial charge < -0.3 is 10.5 Å². The molecule has 1 aromatic carbocycles. The molecule has 1 atom stereocenters. The fourth-order valence-electron chi connectivity index (χ4n) is 1.72. The number of aromatic nitrogens is 2. The zero-order valence-electron chi connectivity index (χ0n) is 11.0. The van der Waals surface area contributed by atoms with Gasteiger partial charge in [0.15, 0.2) is 11.8 Å². The molecule has 7 nitrogen and oxygen atoms in total. The lowest BCUT2D eigenvalue weighted by Crippen LogP contribution is -2.32. The number of aryl methyl sites for hydroxylation is 1. The van der Waals surface area contributed by atoms with Crippen molar-refractivity contribution in [2.75, 3.05) is 0 Å². The van der Waals surface area contributed by atoms with E-state index in [1.807, 2.05) is 0 Å². The van der Waals surface area contributed by atoms with Crippen molar-refractivity contribution in [2.24, 2.45) is 12.8 Å². The van der Waals surface area contributed by atoms with Gasteiger partial charge in [-0.25, -0.2) is 9.48 Å². The van der Waals surface area contributed by atoms with Crippen LogP contribution >= 0.6 is 0 Å². The van der Waals surface area contributed by atoms with Gasteiger partial charge in [-0.05, 0) is 13.0 Å². The average Bonchev–Trinajstić information content (AvgIpc) is 2.42. The van der Waals surface area contributed by atoms with E-state index in [0.29, 0.717) is 10.8 Å². The van der Waals surface area contributed by atoms with Crippen LogP contribution in [0.25, 0.3) is 10.8 Å². The molecule has 2 rings (SSSR count). The van der Waals surface area contributed by atoms with Crippen LogP contribution in [0.5, 0.6) is 0 Å². The van der Waals surface area contributed by atoms with Gasteiger partial charge in [-0.3, -0.25) is 9.59 Å². The smallest absolute Gasteiger partial charge is 0.360 e. The number of nitrogens with zero attached hydrogens (tertiary/aromatic N) is 2. The number of esters is 1. The van der Waals surface area contributed by atoms with Gasteiger partial charge in [0, 0.05) is 12.4 Å². The molecule has 1 heterocycles.